The summed E-state index contributed by atoms with van der Waals surface area (Å²) in [6, 6.07) is 10.1. The number of aromatic nitrogens is 3. The first-order valence-electron chi connectivity index (χ1n) is 5.93. The quantitative estimate of drug-likeness (QED) is 0.786. The molecule has 2 aromatic rings. The molecule has 0 amide bonds. The van der Waals surface area contributed by atoms with Crippen LogP contribution in [0.15, 0.2) is 36.5 Å². The van der Waals surface area contributed by atoms with Crippen molar-refractivity contribution >= 4 is 5.95 Å². The van der Waals surface area contributed by atoms with Gasteiger partial charge in [0.2, 0.25) is 5.95 Å². The highest BCUT2D eigenvalue weighted by Gasteiger charge is 2.15. The molecule has 17 heavy (non-hydrogen) atoms. The van der Waals surface area contributed by atoms with E-state index in [-0.39, 0.29) is 0 Å². The van der Waals surface area contributed by atoms with Crippen LogP contribution in [0.2, 0.25) is 0 Å². The molecule has 1 fully saturated rings. The minimum atomic E-state index is 0.754. The minimum Gasteiger partial charge on any atom is -0.340 e. The molecule has 0 aliphatic carbocycles. The lowest BCUT2D eigenvalue weighted by Crippen LogP contribution is -2.20. The third-order valence-electron chi connectivity index (χ3n) is 3.01. The maximum atomic E-state index is 4.58. The average molecular weight is 226 g/mol. The van der Waals surface area contributed by atoms with Crippen LogP contribution in [-0.4, -0.2) is 28.3 Å². The van der Waals surface area contributed by atoms with Gasteiger partial charge in [-0.15, -0.1) is 5.10 Å². The number of nitrogens with zero attached hydrogens (tertiary/aromatic N) is 4. The summed E-state index contributed by atoms with van der Waals surface area (Å²) in [4.78, 5) is 6.77. The number of rotatable bonds is 2. The Balaban J connectivity index is 1.94. The Bertz CT molecular complexity index is 492. The second-order valence-electron chi connectivity index (χ2n) is 4.20. The monoisotopic (exact) mass is 226 g/mol. The fourth-order valence-electron chi connectivity index (χ4n) is 2.09. The van der Waals surface area contributed by atoms with E-state index in [1.807, 2.05) is 30.3 Å². The van der Waals surface area contributed by atoms with Gasteiger partial charge in [0.05, 0.1) is 11.9 Å². The molecular weight excluding hydrogens is 212 g/mol. The highest BCUT2D eigenvalue weighted by Crippen LogP contribution is 2.19. The molecule has 2 heterocycles. The van der Waals surface area contributed by atoms with Gasteiger partial charge in [0.25, 0.3) is 0 Å². The van der Waals surface area contributed by atoms with Gasteiger partial charge in [0.15, 0.2) is 0 Å². The Morgan fingerprint density at radius 1 is 1.00 bits per heavy atom. The third-order valence-corrected chi connectivity index (χ3v) is 3.01. The van der Waals surface area contributed by atoms with Crippen molar-refractivity contribution in [1.82, 2.24) is 15.2 Å². The number of benzene rings is 1. The number of hydrogen-bond donors (Lipinski definition) is 0. The first-order valence-corrected chi connectivity index (χ1v) is 5.93. The zero-order valence-electron chi connectivity index (χ0n) is 9.58. The molecule has 0 atom stereocenters. The van der Waals surface area contributed by atoms with E-state index >= 15 is 0 Å². The standard InChI is InChI=1S/C13H14N4/c1-2-6-11(7-3-1)12-10-14-16-13(15-12)17-8-4-5-9-17/h1-3,6-7,10H,4-5,8-9H2. The topological polar surface area (TPSA) is 41.9 Å². The van der Waals surface area contributed by atoms with Crippen LogP contribution in [0.1, 0.15) is 12.8 Å². The summed E-state index contributed by atoms with van der Waals surface area (Å²) < 4.78 is 0. The van der Waals surface area contributed by atoms with Gasteiger partial charge in [-0.25, -0.2) is 4.98 Å². The van der Waals surface area contributed by atoms with Crippen molar-refractivity contribution in [2.45, 2.75) is 12.8 Å². The second-order valence-corrected chi connectivity index (χ2v) is 4.20. The first-order chi connectivity index (χ1) is 8.43. The Morgan fingerprint density at radius 2 is 1.76 bits per heavy atom. The molecule has 1 saturated heterocycles. The normalized spacial score (nSPS) is 15.2. The van der Waals surface area contributed by atoms with Crippen LogP contribution in [0.5, 0.6) is 0 Å². The Hall–Kier alpha value is -1.97. The predicted octanol–water partition coefficient (Wildman–Crippen LogP) is 2.14. The minimum absolute atomic E-state index is 0.754. The maximum absolute atomic E-state index is 4.58. The highest BCUT2D eigenvalue weighted by atomic mass is 15.3. The van der Waals surface area contributed by atoms with E-state index in [0.29, 0.717) is 0 Å². The van der Waals surface area contributed by atoms with Crippen molar-refractivity contribution in [3.63, 3.8) is 0 Å². The summed E-state index contributed by atoms with van der Waals surface area (Å²) in [6.45, 7) is 2.08. The second kappa shape index (κ2) is 4.49. The summed E-state index contributed by atoms with van der Waals surface area (Å²) in [5, 5.41) is 8.16. The lowest BCUT2D eigenvalue weighted by Gasteiger charge is -2.14. The molecule has 1 aliphatic rings. The van der Waals surface area contributed by atoms with Gasteiger partial charge in [-0.05, 0) is 12.8 Å². The van der Waals surface area contributed by atoms with Crippen LogP contribution in [0.4, 0.5) is 5.95 Å². The van der Waals surface area contributed by atoms with Gasteiger partial charge >= 0.3 is 0 Å². The van der Waals surface area contributed by atoms with Crippen LogP contribution in [0, 0.1) is 0 Å². The Labute approximate surface area is 100 Å². The van der Waals surface area contributed by atoms with E-state index < -0.39 is 0 Å². The lowest BCUT2D eigenvalue weighted by molar-refractivity contribution is 0.852. The summed E-state index contributed by atoms with van der Waals surface area (Å²) in [5.74, 6) is 0.754. The SMILES string of the molecule is c1ccc(-c2cnnc(N3CCCC3)n2)cc1. The fraction of sp³-hybridized carbons (Fsp3) is 0.308. The molecule has 0 N–H and O–H groups in total. The van der Waals surface area contributed by atoms with Crippen LogP contribution in [0.25, 0.3) is 11.3 Å². The molecule has 0 unspecified atom stereocenters. The zero-order chi connectivity index (χ0) is 11.5. The number of hydrogen-bond acceptors (Lipinski definition) is 4. The first kappa shape index (κ1) is 10.2. The third kappa shape index (κ3) is 2.11. The molecule has 1 aromatic heterocycles. The van der Waals surface area contributed by atoms with E-state index in [1.165, 1.54) is 12.8 Å². The van der Waals surface area contributed by atoms with Crippen molar-refractivity contribution in [3.05, 3.63) is 36.5 Å². The van der Waals surface area contributed by atoms with E-state index in [0.717, 1.165) is 30.3 Å². The van der Waals surface area contributed by atoms with Gasteiger partial charge in [0, 0.05) is 18.7 Å². The molecule has 4 nitrogen and oxygen atoms in total. The maximum Gasteiger partial charge on any atom is 0.245 e. The van der Waals surface area contributed by atoms with Crippen LogP contribution in [-0.2, 0) is 0 Å². The molecule has 0 saturated carbocycles. The summed E-state index contributed by atoms with van der Waals surface area (Å²) in [5.41, 5.74) is 1.98. The van der Waals surface area contributed by atoms with Gasteiger partial charge in [-0.3, -0.25) is 0 Å². The summed E-state index contributed by atoms with van der Waals surface area (Å²) >= 11 is 0. The van der Waals surface area contributed by atoms with Gasteiger partial charge < -0.3 is 4.90 Å². The lowest BCUT2D eigenvalue weighted by atomic mass is 10.2. The molecule has 86 valence electrons. The fourth-order valence-corrected chi connectivity index (χ4v) is 2.09. The summed E-state index contributed by atoms with van der Waals surface area (Å²) in [7, 11) is 0. The van der Waals surface area contributed by atoms with Crippen molar-refractivity contribution < 1.29 is 0 Å². The van der Waals surface area contributed by atoms with Crippen molar-refractivity contribution in [2.24, 2.45) is 0 Å². The summed E-state index contributed by atoms with van der Waals surface area (Å²) in [6.07, 6.45) is 4.16. The average Bonchev–Trinajstić information content (AvgIpc) is 2.94. The van der Waals surface area contributed by atoms with E-state index in [1.54, 1.807) is 6.20 Å². The van der Waals surface area contributed by atoms with Crippen LogP contribution in [0.3, 0.4) is 0 Å². The molecule has 4 heteroatoms. The molecule has 1 aliphatic heterocycles. The van der Waals surface area contributed by atoms with Crippen molar-refractivity contribution in [1.29, 1.82) is 0 Å². The molecule has 0 radical (unpaired) electrons. The molecule has 0 spiro atoms. The van der Waals surface area contributed by atoms with Crippen molar-refractivity contribution in [3.8, 4) is 11.3 Å². The van der Waals surface area contributed by atoms with E-state index in [4.69, 9.17) is 0 Å². The molecular formula is C13H14N4. The number of anilines is 1. The highest BCUT2D eigenvalue weighted by molar-refractivity contribution is 5.58. The Kier molecular flexibility index (Phi) is 2.69. The zero-order valence-corrected chi connectivity index (χ0v) is 9.58. The molecule has 3 rings (SSSR count). The molecule has 1 aromatic carbocycles. The van der Waals surface area contributed by atoms with E-state index in [2.05, 4.69) is 20.1 Å². The van der Waals surface area contributed by atoms with E-state index in [9.17, 15) is 0 Å². The Morgan fingerprint density at radius 3 is 2.53 bits per heavy atom. The predicted molar refractivity (Wildman–Crippen MR) is 66.7 cm³/mol. The van der Waals surface area contributed by atoms with Crippen LogP contribution >= 0.6 is 0 Å². The van der Waals surface area contributed by atoms with Gasteiger partial charge in [0.1, 0.15) is 0 Å². The largest absolute Gasteiger partial charge is 0.340 e. The van der Waals surface area contributed by atoms with Crippen molar-refractivity contribution in [2.75, 3.05) is 18.0 Å². The van der Waals surface area contributed by atoms with Gasteiger partial charge in [-0.2, -0.15) is 5.10 Å². The van der Waals surface area contributed by atoms with Gasteiger partial charge in [-0.1, -0.05) is 30.3 Å². The smallest absolute Gasteiger partial charge is 0.245 e. The van der Waals surface area contributed by atoms with Crippen LogP contribution < -0.4 is 4.90 Å². The molecule has 0 bridgehead atoms.